The van der Waals surface area contributed by atoms with Crippen molar-refractivity contribution >= 4 is 23.2 Å². The lowest BCUT2D eigenvalue weighted by molar-refractivity contribution is -0.385. The van der Waals surface area contributed by atoms with Gasteiger partial charge in [-0.05, 0) is 23.3 Å². The number of hydroxylamine groups is 2. The van der Waals surface area contributed by atoms with E-state index in [1.807, 2.05) is 0 Å². The zero-order valence-electron chi connectivity index (χ0n) is 12.7. The molecule has 134 valence electrons. The first kappa shape index (κ1) is 18.4. The molecule has 0 radical (unpaired) electrons. The highest BCUT2D eigenvalue weighted by atomic mass is 16.6. The van der Waals surface area contributed by atoms with Gasteiger partial charge in [-0.2, -0.15) is 0 Å². The third kappa shape index (κ3) is 3.45. The summed E-state index contributed by atoms with van der Waals surface area (Å²) in [6.45, 7) is 0. The maximum atomic E-state index is 11.5. The highest BCUT2D eigenvalue weighted by molar-refractivity contribution is 5.99. The average Bonchev–Trinajstić information content (AvgIpc) is 2.65. The van der Waals surface area contributed by atoms with Crippen molar-refractivity contribution in [3.8, 4) is 11.1 Å². The van der Waals surface area contributed by atoms with Crippen molar-refractivity contribution in [2.24, 2.45) is 0 Å². The Labute approximate surface area is 143 Å². The second-order valence-corrected chi connectivity index (χ2v) is 4.86. The topological polar surface area (TPSA) is 185 Å². The summed E-state index contributed by atoms with van der Waals surface area (Å²) in [5.41, 5.74) is 0.804. The molecular weight excluding hydrogens is 352 g/mol. The van der Waals surface area contributed by atoms with Crippen LogP contribution >= 0.6 is 0 Å². The standard InChI is InChI=1S/C14H10N4O8/c19-13(15-21)9-3-1-7(5-11(9)17(23)24)8-2-4-10(14(20)16-22)12(6-8)18(25)26/h1-6,21-22H,(H,15,19)(H,16,20). The van der Waals surface area contributed by atoms with Crippen molar-refractivity contribution in [2.45, 2.75) is 0 Å². The zero-order valence-corrected chi connectivity index (χ0v) is 12.7. The molecule has 4 N–H and O–H groups in total. The van der Waals surface area contributed by atoms with Crippen LogP contribution in [-0.2, 0) is 0 Å². The summed E-state index contributed by atoms with van der Waals surface area (Å²) >= 11 is 0. The molecule has 0 atom stereocenters. The SMILES string of the molecule is O=C(NO)c1ccc(-c2ccc(C(=O)NO)c([N+](=O)[O-])c2)cc1[N+](=O)[O-]. The number of carbonyl (C=O) groups excluding carboxylic acids is 2. The van der Waals surface area contributed by atoms with Gasteiger partial charge < -0.3 is 0 Å². The van der Waals surface area contributed by atoms with Gasteiger partial charge in [0.1, 0.15) is 11.1 Å². The Balaban J connectivity index is 2.61. The number of benzene rings is 2. The van der Waals surface area contributed by atoms with Crippen molar-refractivity contribution in [3.05, 3.63) is 67.8 Å². The molecule has 2 aromatic carbocycles. The predicted octanol–water partition coefficient (Wildman–Crippen LogP) is 1.41. The van der Waals surface area contributed by atoms with E-state index < -0.39 is 44.2 Å². The molecule has 0 saturated heterocycles. The molecule has 0 saturated carbocycles. The molecular formula is C14H10N4O8. The van der Waals surface area contributed by atoms with E-state index in [4.69, 9.17) is 10.4 Å². The van der Waals surface area contributed by atoms with Crippen LogP contribution in [-0.4, -0.2) is 32.1 Å². The van der Waals surface area contributed by atoms with Gasteiger partial charge in [-0.25, -0.2) is 11.0 Å². The van der Waals surface area contributed by atoms with Gasteiger partial charge >= 0.3 is 0 Å². The van der Waals surface area contributed by atoms with Crippen LogP contribution in [0.15, 0.2) is 36.4 Å². The summed E-state index contributed by atoms with van der Waals surface area (Å²) in [5.74, 6) is -2.19. The molecule has 12 nitrogen and oxygen atoms in total. The van der Waals surface area contributed by atoms with Gasteiger partial charge in [0, 0.05) is 12.1 Å². The number of amides is 2. The Kier molecular flexibility index (Phi) is 5.20. The molecule has 0 aliphatic rings. The van der Waals surface area contributed by atoms with Gasteiger partial charge in [0.05, 0.1) is 9.85 Å². The monoisotopic (exact) mass is 362 g/mol. The fourth-order valence-electron chi connectivity index (χ4n) is 2.23. The number of carbonyl (C=O) groups is 2. The molecule has 0 aromatic heterocycles. The quantitative estimate of drug-likeness (QED) is 0.349. The summed E-state index contributed by atoms with van der Waals surface area (Å²) < 4.78 is 0. The van der Waals surface area contributed by atoms with Crippen LogP contribution in [0.4, 0.5) is 11.4 Å². The van der Waals surface area contributed by atoms with Crippen LogP contribution in [0.2, 0.25) is 0 Å². The highest BCUT2D eigenvalue weighted by Gasteiger charge is 2.23. The first-order valence-corrected chi connectivity index (χ1v) is 6.76. The van der Waals surface area contributed by atoms with Crippen molar-refractivity contribution in [1.82, 2.24) is 11.0 Å². The normalized spacial score (nSPS) is 10.1. The van der Waals surface area contributed by atoms with Crippen molar-refractivity contribution in [3.63, 3.8) is 0 Å². The van der Waals surface area contributed by atoms with E-state index in [0.29, 0.717) is 0 Å². The van der Waals surface area contributed by atoms with Crippen LogP contribution in [0.25, 0.3) is 11.1 Å². The van der Waals surface area contributed by atoms with E-state index in [2.05, 4.69) is 0 Å². The van der Waals surface area contributed by atoms with Gasteiger partial charge in [0.2, 0.25) is 0 Å². The van der Waals surface area contributed by atoms with Gasteiger partial charge in [-0.1, -0.05) is 12.1 Å². The molecule has 0 aliphatic heterocycles. The number of nitro groups is 2. The van der Waals surface area contributed by atoms with Gasteiger partial charge in [-0.3, -0.25) is 40.2 Å². The summed E-state index contributed by atoms with van der Waals surface area (Å²) in [6.07, 6.45) is 0. The molecule has 12 heteroatoms. The van der Waals surface area contributed by atoms with E-state index >= 15 is 0 Å². The minimum atomic E-state index is -1.09. The molecule has 2 rings (SSSR count). The first-order valence-electron chi connectivity index (χ1n) is 6.76. The lowest BCUT2D eigenvalue weighted by Crippen LogP contribution is -2.20. The van der Waals surface area contributed by atoms with Crippen molar-refractivity contribution in [1.29, 1.82) is 0 Å². The van der Waals surface area contributed by atoms with Crippen LogP contribution < -0.4 is 11.0 Å². The van der Waals surface area contributed by atoms with E-state index in [-0.39, 0.29) is 11.1 Å². The van der Waals surface area contributed by atoms with Crippen LogP contribution in [0.5, 0.6) is 0 Å². The molecule has 0 spiro atoms. The number of hydrogen-bond acceptors (Lipinski definition) is 8. The van der Waals surface area contributed by atoms with E-state index in [0.717, 1.165) is 24.3 Å². The van der Waals surface area contributed by atoms with Crippen LogP contribution in [0.1, 0.15) is 20.7 Å². The van der Waals surface area contributed by atoms with Crippen molar-refractivity contribution < 1.29 is 29.9 Å². The van der Waals surface area contributed by atoms with Gasteiger partial charge in [-0.15, -0.1) is 0 Å². The molecule has 26 heavy (non-hydrogen) atoms. The Morgan fingerprint density at radius 2 is 1.12 bits per heavy atom. The second-order valence-electron chi connectivity index (χ2n) is 4.86. The maximum absolute atomic E-state index is 11.5. The third-order valence-electron chi connectivity index (χ3n) is 3.41. The first-order chi connectivity index (χ1) is 12.3. The lowest BCUT2D eigenvalue weighted by Gasteiger charge is -2.07. The second kappa shape index (κ2) is 7.33. The fraction of sp³-hybridized carbons (Fsp3) is 0. The third-order valence-corrected chi connectivity index (χ3v) is 3.41. The Morgan fingerprint density at radius 3 is 1.38 bits per heavy atom. The summed E-state index contributed by atoms with van der Waals surface area (Å²) in [6, 6.07) is 6.69. The molecule has 0 bridgehead atoms. The Hall–Kier alpha value is -3.90. The molecule has 0 fully saturated rings. The molecule has 0 aliphatic carbocycles. The van der Waals surface area contributed by atoms with Crippen LogP contribution in [0, 0.1) is 20.2 Å². The lowest BCUT2D eigenvalue weighted by atomic mass is 9.99. The van der Waals surface area contributed by atoms with Crippen LogP contribution in [0.3, 0.4) is 0 Å². The van der Waals surface area contributed by atoms with Crippen molar-refractivity contribution in [2.75, 3.05) is 0 Å². The number of rotatable bonds is 5. The number of nitrogens with zero attached hydrogens (tertiary/aromatic N) is 2. The Bertz CT molecular complexity index is 852. The number of hydrogen-bond donors (Lipinski definition) is 4. The smallest absolute Gasteiger partial charge is 0.282 e. The molecule has 0 heterocycles. The highest BCUT2D eigenvalue weighted by Crippen LogP contribution is 2.31. The summed E-state index contributed by atoms with van der Waals surface area (Å²) in [7, 11) is 0. The number of nitrogens with one attached hydrogen (secondary N) is 2. The summed E-state index contributed by atoms with van der Waals surface area (Å²) in [5, 5.41) is 39.5. The van der Waals surface area contributed by atoms with E-state index in [1.165, 1.54) is 23.1 Å². The maximum Gasteiger partial charge on any atom is 0.282 e. The van der Waals surface area contributed by atoms with Gasteiger partial charge in [0.25, 0.3) is 23.2 Å². The molecule has 0 unspecified atom stereocenters. The van der Waals surface area contributed by atoms with E-state index in [9.17, 15) is 29.8 Å². The molecule has 2 amide bonds. The minimum absolute atomic E-state index is 0.158. The fourth-order valence-corrected chi connectivity index (χ4v) is 2.23. The minimum Gasteiger partial charge on any atom is -0.288 e. The largest absolute Gasteiger partial charge is 0.288 e. The zero-order chi connectivity index (χ0) is 19.4. The van der Waals surface area contributed by atoms with E-state index in [1.54, 1.807) is 0 Å². The summed E-state index contributed by atoms with van der Waals surface area (Å²) in [4.78, 5) is 43.5. The van der Waals surface area contributed by atoms with Gasteiger partial charge in [0.15, 0.2) is 0 Å². The predicted molar refractivity (Wildman–Crippen MR) is 83.7 cm³/mol. The molecule has 2 aromatic rings. The average molecular weight is 362 g/mol. The number of nitro benzene ring substituents is 2. The Morgan fingerprint density at radius 1 is 0.769 bits per heavy atom.